The number of nitrogens with zero attached hydrogens (tertiary/aromatic N) is 3. The molecule has 1 saturated heterocycles. The van der Waals surface area contributed by atoms with Crippen molar-refractivity contribution in [1.82, 2.24) is 4.90 Å². The number of rotatable bonds is 4. The molecule has 0 atom stereocenters. The maximum Gasteiger partial charge on any atom is 0.248 e. The summed E-state index contributed by atoms with van der Waals surface area (Å²) < 4.78 is 0. The van der Waals surface area contributed by atoms with Crippen LogP contribution >= 0.6 is 11.6 Å². The number of benzene rings is 1. The van der Waals surface area contributed by atoms with Gasteiger partial charge in [-0.2, -0.15) is 4.91 Å². The monoisotopic (exact) mass is 309 g/mol. The first-order valence-corrected chi connectivity index (χ1v) is 6.86. The minimum Gasteiger partial charge on any atom is -0.398 e. The molecule has 8 heteroatoms. The van der Waals surface area contributed by atoms with Gasteiger partial charge >= 0.3 is 0 Å². The Bertz CT molecular complexity index is 570. The average molecular weight is 310 g/mol. The maximum absolute atomic E-state index is 11.6. The fourth-order valence-corrected chi connectivity index (χ4v) is 2.62. The van der Waals surface area contributed by atoms with E-state index in [1.165, 1.54) is 6.21 Å². The molecule has 1 aliphatic rings. The number of hydrogen-bond donors (Lipinski definition) is 2. The summed E-state index contributed by atoms with van der Waals surface area (Å²) in [5.74, 6) is -0.262. The fourth-order valence-electron chi connectivity index (χ4n) is 2.40. The van der Waals surface area contributed by atoms with Crippen LogP contribution < -0.4 is 10.6 Å². The van der Waals surface area contributed by atoms with Crippen molar-refractivity contribution < 1.29 is 4.79 Å². The van der Waals surface area contributed by atoms with E-state index >= 15 is 0 Å². The number of halogens is 1. The second-order valence-electron chi connectivity index (χ2n) is 4.73. The molecule has 7 nitrogen and oxygen atoms in total. The summed E-state index contributed by atoms with van der Waals surface area (Å²) in [7, 11) is 0. The second-order valence-corrected chi connectivity index (χ2v) is 5.16. The van der Waals surface area contributed by atoms with E-state index in [1.807, 2.05) is 4.90 Å². The Morgan fingerprint density at radius 1 is 1.38 bits per heavy atom. The lowest BCUT2D eigenvalue weighted by atomic mass is 10.1. The second kappa shape index (κ2) is 6.53. The molecule has 2 rings (SSSR count). The van der Waals surface area contributed by atoms with E-state index in [-0.39, 0.29) is 12.5 Å². The molecule has 1 aromatic carbocycles. The van der Waals surface area contributed by atoms with Crippen molar-refractivity contribution in [2.24, 2.45) is 5.18 Å². The van der Waals surface area contributed by atoms with Crippen LogP contribution in [0.1, 0.15) is 5.56 Å². The average Bonchev–Trinajstić information content (AvgIpc) is 2.47. The molecule has 0 radical (unpaired) electrons. The zero-order valence-electron chi connectivity index (χ0n) is 11.4. The number of nitrogens with two attached hydrogens (primary N) is 1. The molecular weight excluding hydrogens is 294 g/mol. The van der Waals surface area contributed by atoms with E-state index in [9.17, 15) is 9.70 Å². The Hall–Kier alpha value is -2.15. The zero-order valence-corrected chi connectivity index (χ0v) is 12.1. The molecule has 21 heavy (non-hydrogen) atoms. The fraction of sp³-hybridized carbons (Fsp3) is 0.385. The molecular formula is C13H16ClN5O2. The highest BCUT2D eigenvalue weighted by molar-refractivity contribution is 6.31. The predicted molar refractivity (Wildman–Crippen MR) is 83.2 cm³/mol. The van der Waals surface area contributed by atoms with Gasteiger partial charge in [-0.05, 0) is 12.1 Å². The molecule has 112 valence electrons. The molecule has 1 heterocycles. The summed E-state index contributed by atoms with van der Waals surface area (Å²) in [6.45, 7) is 1.85. The van der Waals surface area contributed by atoms with E-state index in [0.717, 1.165) is 5.69 Å². The summed E-state index contributed by atoms with van der Waals surface area (Å²) in [6.07, 6.45) is 1.20. The van der Waals surface area contributed by atoms with Gasteiger partial charge in [0.1, 0.15) is 0 Å². The van der Waals surface area contributed by atoms with Gasteiger partial charge in [-0.15, -0.1) is 0 Å². The van der Waals surface area contributed by atoms with E-state index in [1.54, 1.807) is 17.0 Å². The Morgan fingerprint density at radius 3 is 2.62 bits per heavy atom. The first-order chi connectivity index (χ1) is 10.1. The number of nitrogen functional groups attached to an aromatic ring is 1. The first kappa shape index (κ1) is 15.2. The van der Waals surface area contributed by atoms with Crippen LogP contribution in [0.25, 0.3) is 0 Å². The van der Waals surface area contributed by atoms with Crippen molar-refractivity contribution in [1.29, 1.82) is 5.41 Å². The molecule has 0 unspecified atom stereocenters. The van der Waals surface area contributed by atoms with E-state index < -0.39 is 0 Å². The molecule has 0 spiro atoms. The molecule has 1 aromatic rings. The van der Waals surface area contributed by atoms with Gasteiger partial charge in [0.25, 0.3) is 0 Å². The third-order valence-corrected chi connectivity index (χ3v) is 3.69. The summed E-state index contributed by atoms with van der Waals surface area (Å²) >= 11 is 6.03. The van der Waals surface area contributed by atoms with E-state index in [4.69, 9.17) is 22.7 Å². The lowest BCUT2D eigenvalue weighted by Crippen LogP contribution is -2.49. The van der Waals surface area contributed by atoms with Crippen molar-refractivity contribution in [2.45, 2.75) is 0 Å². The molecule has 1 amide bonds. The minimum absolute atomic E-state index is 0.262. The predicted octanol–water partition coefficient (Wildman–Crippen LogP) is 1.33. The number of anilines is 2. The van der Waals surface area contributed by atoms with Crippen LogP contribution in [0.15, 0.2) is 17.3 Å². The third-order valence-electron chi connectivity index (χ3n) is 3.47. The first-order valence-electron chi connectivity index (χ1n) is 6.48. The van der Waals surface area contributed by atoms with Crippen LogP contribution in [0.2, 0.25) is 5.02 Å². The molecule has 0 aliphatic carbocycles. The van der Waals surface area contributed by atoms with Crippen LogP contribution in [0.4, 0.5) is 11.4 Å². The molecule has 3 N–H and O–H groups in total. The Labute approximate surface area is 127 Å². The van der Waals surface area contributed by atoms with Crippen molar-refractivity contribution in [3.8, 4) is 0 Å². The summed E-state index contributed by atoms with van der Waals surface area (Å²) in [5.41, 5.74) is 7.74. The summed E-state index contributed by atoms with van der Waals surface area (Å²) in [6, 6.07) is 3.38. The topological polar surface area (TPSA) is 103 Å². The van der Waals surface area contributed by atoms with Crippen LogP contribution in [0.3, 0.4) is 0 Å². The smallest absolute Gasteiger partial charge is 0.248 e. The van der Waals surface area contributed by atoms with Gasteiger partial charge in [0, 0.05) is 54.4 Å². The number of piperazine rings is 1. The SMILES string of the molecule is N=Cc1c(N)cc(Cl)cc1N1CCN(C(=O)CN=O)CC1. The molecule has 1 fully saturated rings. The largest absolute Gasteiger partial charge is 0.398 e. The van der Waals surface area contributed by atoms with Gasteiger partial charge in [-0.25, -0.2) is 0 Å². The van der Waals surface area contributed by atoms with Gasteiger partial charge in [-0.1, -0.05) is 16.8 Å². The lowest BCUT2D eigenvalue weighted by Gasteiger charge is -2.36. The number of hydrogen-bond acceptors (Lipinski definition) is 6. The molecule has 0 aromatic heterocycles. The Morgan fingerprint density at radius 2 is 2.05 bits per heavy atom. The Balaban J connectivity index is 2.14. The van der Waals surface area contributed by atoms with Crippen molar-refractivity contribution >= 4 is 35.1 Å². The number of carbonyl (C=O) groups excluding carboxylic acids is 1. The quantitative estimate of drug-likeness (QED) is 0.497. The third kappa shape index (κ3) is 3.30. The minimum atomic E-state index is -0.324. The van der Waals surface area contributed by atoms with Crippen molar-refractivity contribution in [3.63, 3.8) is 0 Å². The summed E-state index contributed by atoms with van der Waals surface area (Å²) in [5, 5.41) is 10.6. The van der Waals surface area contributed by atoms with Gasteiger partial charge in [0.2, 0.25) is 5.91 Å². The highest BCUT2D eigenvalue weighted by Crippen LogP contribution is 2.29. The van der Waals surface area contributed by atoms with Crippen molar-refractivity contribution in [3.05, 3.63) is 27.6 Å². The zero-order chi connectivity index (χ0) is 15.4. The van der Waals surface area contributed by atoms with Gasteiger partial charge in [0.05, 0.1) is 0 Å². The summed E-state index contributed by atoms with van der Waals surface area (Å²) in [4.78, 5) is 25.4. The van der Waals surface area contributed by atoms with Gasteiger partial charge in [0.15, 0.2) is 6.54 Å². The maximum atomic E-state index is 11.6. The van der Waals surface area contributed by atoms with Gasteiger partial charge in [-0.3, -0.25) is 4.79 Å². The normalized spacial score (nSPS) is 14.9. The molecule has 0 bridgehead atoms. The van der Waals surface area contributed by atoms with E-state index in [0.29, 0.717) is 42.5 Å². The highest BCUT2D eigenvalue weighted by Gasteiger charge is 2.23. The molecule has 0 saturated carbocycles. The van der Waals surface area contributed by atoms with Crippen LogP contribution in [-0.4, -0.2) is 49.7 Å². The van der Waals surface area contributed by atoms with Crippen molar-refractivity contribution in [2.75, 3.05) is 43.4 Å². The standard InChI is InChI=1S/C13H16ClN5O2/c14-9-5-11(16)10(7-15)12(6-9)18-1-3-19(4-2-18)13(20)8-17-21/h5-7,15H,1-4,8,16H2. The number of amides is 1. The van der Waals surface area contributed by atoms with Crippen LogP contribution in [0, 0.1) is 10.3 Å². The van der Waals surface area contributed by atoms with Crippen LogP contribution in [0.5, 0.6) is 0 Å². The van der Waals surface area contributed by atoms with Crippen LogP contribution in [-0.2, 0) is 4.79 Å². The lowest BCUT2D eigenvalue weighted by molar-refractivity contribution is -0.129. The number of nitrogens with one attached hydrogen (secondary N) is 1. The number of carbonyl (C=O) groups is 1. The van der Waals surface area contributed by atoms with E-state index in [2.05, 4.69) is 5.18 Å². The van der Waals surface area contributed by atoms with Gasteiger partial charge < -0.3 is 20.9 Å². The Kier molecular flexibility index (Phi) is 4.74. The highest BCUT2D eigenvalue weighted by atomic mass is 35.5. The molecule has 1 aliphatic heterocycles. The number of nitroso groups, excluding NO2 is 1.